The molecule has 5 nitrogen and oxygen atoms in total. The van der Waals surface area contributed by atoms with Crippen molar-refractivity contribution >= 4 is 28.4 Å². The highest BCUT2D eigenvalue weighted by Gasteiger charge is 2.08. The zero-order valence-electron chi connectivity index (χ0n) is 15.4. The Kier molecular flexibility index (Phi) is 5.91. The lowest BCUT2D eigenvalue weighted by Crippen LogP contribution is -2.33. The summed E-state index contributed by atoms with van der Waals surface area (Å²) in [7, 11) is 0. The topological polar surface area (TPSA) is 64.0 Å². The average molecular weight is 384 g/mol. The second-order valence-corrected chi connectivity index (χ2v) is 7.27. The number of nitrogens with zero attached hydrogens (tertiary/aromatic N) is 2. The fraction of sp³-hybridized carbons (Fsp3) is 0.286. The van der Waals surface area contributed by atoms with Crippen molar-refractivity contribution in [3.63, 3.8) is 0 Å². The fourth-order valence-corrected chi connectivity index (χ4v) is 3.04. The summed E-state index contributed by atoms with van der Waals surface area (Å²) >= 11 is 5.91. The van der Waals surface area contributed by atoms with Crippen LogP contribution in [-0.4, -0.2) is 22.0 Å². The molecule has 27 heavy (non-hydrogen) atoms. The molecular weight excluding hydrogens is 362 g/mol. The summed E-state index contributed by atoms with van der Waals surface area (Å²) in [4.78, 5) is 28.8. The van der Waals surface area contributed by atoms with Gasteiger partial charge in [0, 0.05) is 11.6 Å². The van der Waals surface area contributed by atoms with Gasteiger partial charge in [-0.3, -0.25) is 14.2 Å². The minimum Gasteiger partial charge on any atom is -0.354 e. The van der Waals surface area contributed by atoms with E-state index in [9.17, 15) is 9.59 Å². The monoisotopic (exact) mass is 383 g/mol. The number of carbonyl (C=O) groups excluding carboxylic acids is 1. The molecule has 140 valence electrons. The Hall–Kier alpha value is -2.66. The third-order valence-electron chi connectivity index (χ3n) is 4.48. The molecule has 0 radical (unpaired) electrons. The maximum Gasteiger partial charge on any atom is 0.261 e. The van der Waals surface area contributed by atoms with Gasteiger partial charge in [0.2, 0.25) is 5.91 Å². The molecule has 0 aliphatic rings. The predicted molar refractivity (Wildman–Crippen MR) is 108 cm³/mol. The molecule has 1 N–H and O–H groups in total. The first kappa shape index (κ1) is 19.1. The Morgan fingerprint density at radius 2 is 1.93 bits per heavy atom. The van der Waals surface area contributed by atoms with Crippen LogP contribution in [0.1, 0.15) is 30.9 Å². The first-order chi connectivity index (χ1) is 12.9. The Balaban J connectivity index is 1.58. The zero-order valence-corrected chi connectivity index (χ0v) is 16.2. The van der Waals surface area contributed by atoms with E-state index in [2.05, 4.69) is 48.4 Å². The van der Waals surface area contributed by atoms with Gasteiger partial charge in [0.05, 0.1) is 17.2 Å². The molecule has 6 heteroatoms. The molecule has 0 saturated heterocycles. The Morgan fingerprint density at radius 1 is 1.19 bits per heavy atom. The SMILES string of the molecule is CC(C)c1ccc(CCNC(=O)Cn2cnc3cc(Cl)ccc3c2=O)cc1. The van der Waals surface area contributed by atoms with Crippen molar-refractivity contribution in [1.29, 1.82) is 0 Å². The number of benzene rings is 2. The van der Waals surface area contributed by atoms with Crippen molar-refractivity contribution in [2.45, 2.75) is 32.7 Å². The number of halogens is 1. The molecule has 0 unspecified atom stereocenters. The third kappa shape index (κ3) is 4.74. The van der Waals surface area contributed by atoms with E-state index in [-0.39, 0.29) is 18.0 Å². The van der Waals surface area contributed by atoms with Gasteiger partial charge < -0.3 is 5.32 Å². The molecular formula is C21H22ClN3O2. The van der Waals surface area contributed by atoms with E-state index in [4.69, 9.17) is 11.6 Å². The van der Waals surface area contributed by atoms with Crippen LogP contribution in [0, 0.1) is 0 Å². The van der Waals surface area contributed by atoms with Crippen molar-refractivity contribution in [1.82, 2.24) is 14.9 Å². The molecule has 0 saturated carbocycles. The average Bonchev–Trinajstić information content (AvgIpc) is 2.64. The molecule has 0 fully saturated rings. The van der Waals surface area contributed by atoms with Crippen LogP contribution in [0.3, 0.4) is 0 Å². The second kappa shape index (κ2) is 8.35. The lowest BCUT2D eigenvalue weighted by atomic mass is 10.0. The van der Waals surface area contributed by atoms with Crippen LogP contribution in [0.2, 0.25) is 5.02 Å². The number of rotatable bonds is 6. The van der Waals surface area contributed by atoms with Crippen molar-refractivity contribution in [3.05, 3.63) is 75.3 Å². The molecule has 0 spiro atoms. The Morgan fingerprint density at radius 3 is 2.63 bits per heavy atom. The maximum absolute atomic E-state index is 12.5. The second-order valence-electron chi connectivity index (χ2n) is 6.84. The highest BCUT2D eigenvalue weighted by molar-refractivity contribution is 6.31. The summed E-state index contributed by atoms with van der Waals surface area (Å²) in [5, 5.41) is 3.82. The minimum atomic E-state index is -0.254. The summed E-state index contributed by atoms with van der Waals surface area (Å²) in [6.07, 6.45) is 2.12. The van der Waals surface area contributed by atoms with Crippen molar-refractivity contribution in [2.75, 3.05) is 6.54 Å². The summed E-state index contributed by atoms with van der Waals surface area (Å²) in [6.45, 7) is 4.78. The van der Waals surface area contributed by atoms with Gasteiger partial charge in [-0.25, -0.2) is 4.98 Å². The van der Waals surface area contributed by atoms with Crippen LogP contribution < -0.4 is 10.9 Å². The summed E-state index contributed by atoms with van der Waals surface area (Å²) in [5.41, 5.74) is 2.73. The largest absolute Gasteiger partial charge is 0.354 e. The van der Waals surface area contributed by atoms with E-state index in [1.165, 1.54) is 22.0 Å². The number of aromatic nitrogens is 2. The highest BCUT2D eigenvalue weighted by Crippen LogP contribution is 2.15. The van der Waals surface area contributed by atoms with E-state index in [1.54, 1.807) is 18.2 Å². The van der Waals surface area contributed by atoms with Gasteiger partial charge >= 0.3 is 0 Å². The lowest BCUT2D eigenvalue weighted by molar-refractivity contribution is -0.121. The van der Waals surface area contributed by atoms with E-state index in [0.717, 1.165) is 6.42 Å². The van der Waals surface area contributed by atoms with Crippen molar-refractivity contribution < 1.29 is 4.79 Å². The molecule has 1 aromatic heterocycles. The number of hydrogen-bond donors (Lipinski definition) is 1. The van der Waals surface area contributed by atoms with E-state index >= 15 is 0 Å². The van der Waals surface area contributed by atoms with Gasteiger partial charge in [-0.2, -0.15) is 0 Å². The molecule has 0 aliphatic heterocycles. The first-order valence-corrected chi connectivity index (χ1v) is 9.32. The van der Waals surface area contributed by atoms with Gasteiger partial charge in [-0.1, -0.05) is 49.7 Å². The molecule has 3 aromatic rings. The van der Waals surface area contributed by atoms with Gasteiger partial charge in [0.1, 0.15) is 6.54 Å². The van der Waals surface area contributed by atoms with Crippen LogP contribution in [0.15, 0.2) is 53.6 Å². The van der Waals surface area contributed by atoms with Gasteiger partial charge in [0.15, 0.2) is 0 Å². The number of fused-ring (bicyclic) bond motifs is 1. The van der Waals surface area contributed by atoms with Crippen LogP contribution in [0.25, 0.3) is 10.9 Å². The lowest BCUT2D eigenvalue weighted by Gasteiger charge is -2.09. The number of nitrogens with one attached hydrogen (secondary N) is 1. The van der Waals surface area contributed by atoms with E-state index in [1.807, 2.05) is 0 Å². The Labute approximate surface area is 163 Å². The first-order valence-electron chi connectivity index (χ1n) is 8.94. The van der Waals surface area contributed by atoms with Gasteiger partial charge in [0.25, 0.3) is 5.56 Å². The minimum absolute atomic E-state index is 0.0588. The zero-order chi connectivity index (χ0) is 19.4. The fourth-order valence-electron chi connectivity index (χ4n) is 2.87. The number of carbonyl (C=O) groups is 1. The molecule has 1 heterocycles. The van der Waals surface area contributed by atoms with Crippen LogP contribution in [0.4, 0.5) is 0 Å². The molecule has 0 aliphatic carbocycles. The molecule has 2 aromatic carbocycles. The molecule has 3 rings (SSSR count). The van der Waals surface area contributed by atoms with Crippen molar-refractivity contribution in [2.24, 2.45) is 0 Å². The molecule has 0 bridgehead atoms. The number of hydrogen-bond acceptors (Lipinski definition) is 3. The summed E-state index contributed by atoms with van der Waals surface area (Å²) < 4.78 is 1.31. The predicted octanol–water partition coefficient (Wildman–Crippen LogP) is 3.53. The highest BCUT2D eigenvalue weighted by atomic mass is 35.5. The third-order valence-corrected chi connectivity index (χ3v) is 4.72. The van der Waals surface area contributed by atoms with Gasteiger partial charge in [-0.15, -0.1) is 0 Å². The summed E-state index contributed by atoms with van der Waals surface area (Å²) in [5.74, 6) is 0.287. The quantitative estimate of drug-likeness (QED) is 0.708. The number of amides is 1. The molecule has 0 atom stereocenters. The molecule has 1 amide bonds. The maximum atomic E-state index is 12.5. The van der Waals surface area contributed by atoms with Crippen LogP contribution in [0.5, 0.6) is 0 Å². The smallest absolute Gasteiger partial charge is 0.261 e. The van der Waals surface area contributed by atoms with Crippen LogP contribution >= 0.6 is 11.6 Å². The normalized spacial score (nSPS) is 11.1. The van der Waals surface area contributed by atoms with E-state index in [0.29, 0.717) is 28.4 Å². The Bertz CT molecular complexity index is 1010. The van der Waals surface area contributed by atoms with E-state index < -0.39 is 0 Å². The van der Waals surface area contributed by atoms with Crippen LogP contribution in [-0.2, 0) is 17.8 Å². The van der Waals surface area contributed by atoms with Crippen molar-refractivity contribution in [3.8, 4) is 0 Å². The standard InChI is InChI=1S/C21H22ClN3O2/c1-14(2)16-5-3-15(4-6-16)9-10-23-20(26)12-25-13-24-19-11-17(22)7-8-18(19)21(25)27/h3-8,11,13-14H,9-10,12H2,1-2H3,(H,23,26). The van der Waals surface area contributed by atoms with Gasteiger partial charge in [-0.05, 0) is 41.7 Å². The summed E-state index contributed by atoms with van der Waals surface area (Å²) in [6, 6.07) is 13.3.